The number of rotatable bonds is 2. The second-order valence-corrected chi connectivity index (χ2v) is 4.21. The number of furan rings is 1. The van der Waals surface area contributed by atoms with Crippen LogP contribution < -0.4 is 0 Å². The molecule has 1 aliphatic carbocycles. The zero-order valence-electron chi connectivity index (χ0n) is 9.47. The monoisotopic (exact) mass is 232 g/mol. The summed E-state index contributed by atoms with van der Waals surface area (Å²) in [5.74, 6) is 0.937. The van der Waals surface area contributed by atoms with Gasteiger partial charge in [0, 0.05) is 12.0 Å². The van der Waals surface area contributed by atoms with E-state index in [0.717, 1.165) is 18.6 Å². The minimum atomic E-state index is -0.481. The molecule has 17 heavy (non-hydrogen) atoms. The molecule has 88 valence electrons. The second-order valence-electron chi connectivity index (χ2n) is 4.21. The lowest BCUT2D eigenvalue weighted by Gasteiger charge is -2.22. The smallest absolute Gasteiger partial charge is 0.358 e. The summed E-state index contributed by atoms with van der Waals surface area (Å²) in [6, 6.07) is 1.87. The number of ether oxygens (including phenoxy) is 1. The number of aromatic nitrogens is 2. The highest BCUT2D eigenvalue weighted by Crippen LogP contribution is 2.38. The number of carbonyl (C=O) groups excluding carboxylic acids is 1. The number of fused-ring (bicyclic) bond motifs is 1. The molecule has 0 aliphatic heterocycles. The van der Waals surface area contributed by atoms with Gasteiger partial charge in [-0.1, -0.05) is 6.42 Å². The van der Waals surface area contributed by atoms with Gasteiger partial charge in [-0.05, 0) is 12.8 Å². The van der Waals surface area contributed by atoms with Crippen molar-refractivity contribution >= 4 is 17.2 Å². The van der Waals surface area contributed by atoms with Gasteiger partial charge in [0.05, 0.1) is 13.3 Å². The Labute approximate surface area is 97.8 Å². The molecule has 0 saturated heterocycles. The topological polar surface area (TPSA) is 65.2 Å². The maximum absolute atomic E-state index is 11.3. The fourth-order valence-electron chi connectivity index (χ4n) is 1.94. The molecule has 0 spiro atoms. The molecule has 1 fully saturated rings. The van der Waals surface area contributed by atoms with Crippen LogP contribution in [0.15, 0.2) is 16.7 Å². The molecule has 0 amide bonds. The zero-order chi connectivity index (χ0) is 11.8. The van der Waals surface area contributed by atoms with Crippen LogP contribution in [0.2, 0.25) is 0 Å². The highest BCUT2D eigenvalue weighted by molar-refractivity contribution is 5.88. The number of hydrogen-bond donors (Lipinski definition) is 0. The Morgan fingerprint density at radius 1 is 1.53 bits per heavy atom. The van der Waals surface area contributed by atoms with Crippen molar-refractivity contribution in [1.82, 2.24) is 9.97 Å². The van der Waals surface area contributed by atoms with E-state index in [0.29, 0.717) is 17.1 Å². The first-order valence-corrected chi connectivity index (χ1v) is 5.62. The molecule has 0 atom stereocenters. The summed E-state index contributed by atoms with van der Waals surface area (Å²) in [7, 11) is 1.32. The molecule has 0 N–H and O–H groups in total. The lowest BCUT2D eigenvalue weighted by Crippen LogP contribution is -2.07. The molecule has 3 rings (SSSR count). The van der Waals surface area contributed by atoms with Crippen molar-refractivity contribution in [3.63, 3.8) is 0 Å². The predicted octanol–water partition coefficient (Wildman–Crippen LogP) is 2.28. The molecule has 0 radical (unpaired) electrons. The number of hydrogen-bond acceptors (Lipinski definition) is 5. The summed E-state index contributed by atoms with van der Waals surface area (Å²) in [4.78, 5) is 19.6. The molecule has 5 nitrogen and oxygen atoms in total. The standard InChI is InChI=1S/C12H12N2O3/c1-16-12(15)9-6-13-11-8(14-9)5-10(17-11)7-3-2-4-7/h5-7H,2-4H2,1H3. The van der Waals surface area contributed by atoms with Gasteiger partial charge in [-0.2, -0.15) is 0 Å². The Kier molecular flexibility index (Phi) is 2.31. The number of methoxy groups -OCH3 is 1. The number of nitrogens with zero attached hydrogens (tertiary/aromatic N) is 2. The van der Waals surface area contributed by atoms with Crippen LogP contribution >= 0.6 is 0 Å². The van der Waals surface area contributed by atoms with E-state index < -0.39 is 5.97 Å². The molecule has 0 bridgehead atoms. The average Bonchev–Trinajstić information content (AvgIpc) is 2.67. The van der Waals surface area contributed by atoms with Gasteiger partial charge in [0.25, 0.3) is 0 Å². The Morgan fingerprint density at radius 3 is 3.00 bits per heavy atom. The number of carbonyl (C=O) groups is 1. The normalized spacial score (nSPS) is 15.8. The summed E-state index contributed by atoms with van der Waals surface area (Å²) in [6.45, 7) is 0. The van der Waals surface area contributed by atoms with E-state index in [4.69, 9.17) is 4.42 Å². The molecule has 5 heteroatoms. The van der Waals surface area contributed by atoms with E-state index in [1.165, 1.54) is 19.7 Å². The minimum Gasteiger partial charge on any atom is -0.464 e. The van der Waals surface area contributed by atoms with E-state index in [1.54, 1.807) is 0 Å². The van der Waals surface area contributed by atoms with Crippen molar-refractivity contribution in [2.24, 2.45) is 0 Å². The van der Waals surface area contributed by atoms with E-state index in [2.05, 4.69) is 14.7 Å². The van der Waals surface area contributed by atoms with Crippen LogP contribution in [0.25, 0.3) is 11.2 Å². The van der Waals surface area contributed by atoms with E-state index in [-0.39, 0.29) is 5.69 Å². The van der Waals surface area contributed by atoms with E-state index >= 15 is 0 Å². The number of esters is 1. The van der Waals surface area contributed by atoms with Crippen LogP contribution in [0.4, 0.5) is 0 Å². The Hall–Kier alpha value is -1.91. The molecule has 2 heterocycles. The van der Waals surface area contributed by atoms with Gasteiger partial charge in [0.1, 0.15) is 11.3 Å². The van der Waals surface area contributed by atoms with E-state index in [9.17, 15) is 4.79 Å². The molecule has 1 aliphatic rings. The summed E-state index contributed by atoms with van der Waals surface area (Å²) in [5.41, 5.74) is 1.32. The Bertz CT molecular complexity index is 572. The van der Waals surface area contributed by atoms with E-state index in [1.807, 2.05) is 6.07 Å². The average molecular weight is 232 g/mol. The van der Waals surface area contributed by atoms with Crippen molar-refractivity contribution in [2.75, 3.05) is 7.11 Å². The van der Waals surface area contributed by atoms with Crippen LogP contribution in [-0.2, 0) is 4.74 Å². The molecule has 0 aromatic carbocycles. The molecular weight excluding hydrogens is 220 g/mol. The lowest BCUT2D eigenvalue weighted by molar-refractivity contribution is 0.0594. The third-order valence-corrected chi connectivity index (χ3v) is 3.16. The second kappa shape index (κ2) is 3.84. The summed E-state index contributed by atoms with van der Waals surface area (Å²) in [5, 5.41) is 0. The first-order chi connectivity index (χ1) is 8.28. The van der Waals surface area contributed by atoms with Gasteiger partial charge in [0.15, 0.2) is 5.69 Å². The van der Waals surface area contributed by atoms with Crippen molar-refractivity contribution in [3.8, 4) is 0 Å². The quantitative estimate of drug-likeness (QED) is 0.743. The van der Waals surface area contributed by atoms with Gasteiger partial charge in [-0.15, -0.1) is 0 Å². The fraction of sp³-hybridized carbons (Fsp3) is 0.417. The molecule has 1 saturated carbocycles. The van der Waals surface area contributed by atoms with Gasteiger partial charge < -0.3 is 9.15 Å². The molecule has 2 aromatic heterocycles. The SMILES string of the molecule is COC(=O)c1cnc2oc(C3CCC3)cc2n1. The maximum atomic E-state index is 11.3. The van der Waals surface area contributed by atoms with Crippen molar-refractivity contribution < 1.29 is 13.9 Å². The predicted molar refractivity (Wildman–Crippen MR) is 59.7 cm³/mol. The van der Waals surface area contributed by atoms with Crippen LogP contribution in [-0.4, -0.2) is 23.0 Å². The highest BCUT2D eigenvalue weighted by atomic mass is 16.5. The van der Waals surface area contributed by atoms with Crippen LogP contribution in [0, 0.1) is 0 Å². The third-order valence-electron chi connectivity index (χ3n) is 3.16. The Balaban J connectivity index is 2.00. The third kappa shape index (κ3) is 1.67. The summed E-state index contributed by atoms with van der Waals surface area (Å²) >= 11 is 0. The van der Waals surface area contributed by atoms with Crippen molar-refractivity contribution in [3.05, 3.63) is 23.7 Å². The van der Waals surface area contributed by atoms with Crippen LogP contribution in [0.3, 0.4) is 0 Å². The molecule has 2 aromatic rings. The van der Waals surface area contributed by atoms with Crippen LogP contribution in [0.1, 0.15) is 41.4 Å². The van der Waals surface area contributed by atoms with Gasteiger partial charge >= 0.3 is 5.97 Å². The van der Waals surface area contributed by atoms with Crippen molar-refractivity contribution in [2.45, 2.75) is 25.2 Å². The Morgan fingerprint density at radius 2 is 2.35 bits per heavy atom. The van der Waals surface area contributed by atoms with Gasteiger partial charge in [-0.25, -0.2) is 14.8 Å². The minimum absolute atomic E-state index is 0.209. The highest BCUT2D eigenvalue weighted by Gasteiger charge is 2.24. The maximum Gasteiger partial charge on any atom is 0.358 e. The first kappa shape index (κ1) is 10.3. The molecular formula is C12H12N2O3. The lowest BCUT2D eigenvalue weighted by atomic mass is 9.84. The summed E-state index contributed by atoms with van der Waals surface area (Å²) in [6.07, 6.45) is 4.94. The fourth-order valence-corrected chi connectivity index (χ4v) is 1.94. The van der Waals surface area contributed by atoms with Crippen LogP contribution in [0.5, 0.6) is 0 Å². The largest absolute Gasteiger partial charge is 0.464 e. The molecule has 0 unspecified atom stereocenters. The summed E-state index contributed by atoms with van der Waals surface area (Å²) < 4.78 is 10.2. The van der Waals surface area contributed by atoms with Gasteiger partial charge in [-0.3, -0.25) is 0 Å². The van der Waals surface area contributed by atoms with Crippen molar-refractivity contribution in [1.29, 1.82) is 0 Å². The van der Waals surface area contributed by atoms with Gasteiger partial charge in [0.2, 0.25) is 5.71 Å². The zero-order valence-corrected chi connectivity index (χ0v) is 9.47. The first-order valence-electron chi connectivity index (χ1n) is 5.62.